The molecule has 0 aliphatic carbocycles. The van der Waals surface area contributed by atoms with E-state index >= 15 is 0 Å². The quantitative estimate of drug-likeness (QED) is 0.843. The molecule has 1 aromatic rings. The zero-order valence-electron chi connectivity index (χ0n) is 10.7. The molecule has 0 amide bonds. The van der Waals surface area contributed by atoms with Crippen molar-refractivity contribution in [2.45, 2.75) is 30.8 Å². The molecule has 2 unspecified atom stereocenters. The van der Waals surface area contributed by atoms with Crippen molar-refractivity contribution in [1.82, 2.24) is 9.71 Å². The average Bonchev–Trinajstić information content (AvgIpc) is 2.84. The summed E-state index contributed by atoms with van der Waals surface area (Å²) in [5, 5.41) is 0.165. The number of pyridine rings is 1. The van der Waals surface area contributed by atoms with Crippen LogP contribution in [0.4, 0.5) is 0 Å². The molecule has 5 nitrogen and oxygen atoms in total. The zero-order valence-corrected chi connectivity index (χ0v) is 12.2. The molecule has 0 aromatic carbocycles. The fourth-order valence-electron chi connectivity index (χ4n) is 2.23. The van der Waals surface area contributed by atoms with Crippen LogP contribution in [0, 0.1) is 5.92 Å². The Hall–Kier alpha value is -0.690. The number of ether oxygens (including phenoxy) is 1. The van der Waals surface area contributed by atoms with Crippen molar-refractivity contribution in [2.24, 2.45) is 5.92 Å². The number of hydrogen-bond acceptors (Lipinski definition) is 4. The molecule has 1 aromatic heterocycles. The highest BCUT2D eigenvalue weighted by atomic mass is 35.5. The van der Waals surface area contributed by atoms with Crippen molar-refractivity contribution in [2.75, 3.05) is 13.2 Å². The highest BCUT2D eigenvalue weighted by Crippen LogP contribution is 2.23. The molecule has 0 radical (unpaired) electrons. The van der Waals surface area contributed by atoms with Crippen molar-refractivity contribution < 1.29 is 13.2 Å². The van der Waals surface area contributed by atoms with Gasteiger partial charge in [-0.05, 0) is 25.0 Å². The predicted octanol–water partition coefficient (Wildman–Crippen LogP) is 1.83. The SMILES string of the molecule is CCC1OCCC1CNS(=O)(=O)c1ccnc(Cl)c1. The molecule has 1 N–H and O–H groups in total. The number of sulfonamides is 1. The Morgan fingerprint density at radius 1 is 1.58 bits per heavy atom. The minimum absolute atomic E-state index is 0.138. The summed E-state index contributed by atoms with van der Waals surface area (Å²) < 4.78 is 32.3. The predicted molar refractivity (Wildman–Crippen MR) is 72.6 cm³/mol. The topological polar surface area (TPSA) is 68.3 Å². The second-order valence-electron chi connectivity index (χ2n) is 4.53. The average molecular weight is 305 g/mol. The Labute approximate surface area is 118 Å². The standard InChI is InChI=1S/C12H17ClN2O3S/c1-2-11-9(4-6-18-11)8-15-19(16,17)10-3-5-14-12(13)7-10/h3,5,7,9,11,15H,2,4,6,8H2,1H3. The third kappa shape index (κ3) is 3.66. The van der Waals surface area contributed by atoms with Gasteiger partial charge in [0.1, 0.15) is 5.15 Å². The van der Waals surface area contributed by atoms with Crippen LogP contribution < -0.4 is 4.72 Å². The van der Waals surface area contributed by atoms with E-state index in [9.17, 15) is 8.42 Å². The second kappa shape index (κ2) is 6.17. The van der Waals surface area contributed by atoms with E-state index in [4.69, 9.17) is 16.3 Å². The van der Waals surface area contributed by atoms with Gasteiger partial charge in [0.05, 0.1) is 11.0 Å². The van der Waals surface area contributed by atoms with E-state index < -0.39 is 10.0 Å². The van der Waals surface area contributed by atoms with E-state index in [-0.39, 0.29) is 22.1 Å². The highest BCUT2D eigenvalue weighted by molar-refractivity contribution is 7.89. The second-order valence-corrected chi connectivity index (χ2v) is 6.69. The first kappa shape index (κ1) is 14.7. The van der Waals surface area contributed by atoms with Gasteiger partial charge in [0, 0.05) is 25.3 Å². The highest BCUT2D eigenvalue weighted by Gasteiger charge is 2.28. The summed E-state index contributed by atoms with van der Waals surface area (Å²) >= 11 is 5.70. The normalized spacial score (nSPS) is 23.7. The molecule has 19 heavy (non-hydrogen) atoms. The first-order valence-corrected chi connectivity index (χ1v) is 8.12. The van der Waals surface area contributed by atoms with E-state index in [1.54, 1.807) is 0 Å². The summed E-state index contributed by atoms with van der Waals surface area (Å²) in [6.45, 7) is 3.13. The molecule has 2 rings (SSSR count). The van der Waals surface area contributed by atoms with Crippen LogP contribution in [0.3, 0.4) is 0 Å². The maximum absolute atomic E-state index is 12.1. The van der Waals surface area contributed by atoms with Crippen LogP contribution in [0.5, 0.6) is 0 Å². The summed E-state index contributed by atoms with van der Waals surface area (Å²) in [5.74, 6) is 0.233. The maximum Gasteiger partial charge on any atom is 0.240 e. The molecule has 7 heteroatoms. The Kier molecular flexibility index (Phi) is 4.78. The van der Waals surface area contributed by atoms with E-state index in [1.165, 1.54) is 18.3 Å². The Morgan fingerprint density at radius 2 is 2.37 bits per heavy atom. The van der Waals surface area contributed by atoms with Crippen LogP contribution >= 0.6 is 11.6 Å². The maximum atomic E-state index is 12.1. The van der Waals surface area contributed by atoms with Gasteiger partial charge in [0.15, 0.2) is 0 Å². The Bertz CT molecular complexity index is 536. The van der Waals surface area contributed by atoms with Crippen molar-refractivity contribution in [1.29, 1.82) is 0 Å². The first-order chi connectivity index (χ1) is 9.03. The van der Waals surface area contributed by atoms with Gasteiger partial charge in [-0.3, -0.25) is 0 Å². The van der Waals surface area contributed by atoms with E-state index in [1.807, 2.05) is 6.92 Å². The summed E-state index contributed by atoms with van der Waals surface area (Å²) in [6, 6.07) is 2.77. The van der Waals surface area contributed by atoms with Crippen LogP contribution in [0.1, 0.15) is 19.8 Å². The fraction of sp³-hybridized carbons (Fsp3) is 0.583. The third-order valence-corrected chi connectivity index (χ3v) is 4.92. The van der Waals surface area contributed by atoms with Crippen LogP contribution in [0.15, 0.2) is 23.2 Å². The Morgan fingerprint density at radius 3 is 3.05 bits per heavy atom. The first-order valence-electron chi connectivity index (χ1n) is 6.25. The largest absolute Gasteiger partial charge is 0.378 e. The molecule has 106 valence electrons. The lowest BCUT2D eigenvalue weighted by Gasteiger charge is -2.17. The van der Waals surface area contributed by atoms with Crippen LogP contribution in [-0.2, 0) is 14.8 Å². The molecule has 2 heterocycles. The van der Waals surface area contributed by atoms with E-state index in [0.717, 1.165) is 12.8 Å². The number of rotatable bonds is 5. The molecular weight excluding hydrogens is 288 g/mol. The third-order valence-electron chi connectivity index (χ3n) is 3.29. The van der Waals surface area contributed by atoms with Gasteiger partial charge in [-0.2, -0.15) is 0 Å². The van der Waals surface area contributed by atoms with Gasteiger partial charge in [-0.25, -0.2) is 18.1 Å². The summed E-state index contributed by atoms with van der Waals surface area (Å²) in [5.41, 5.74) is 0. The lowest BCUT2D eigenvalue weighted by Crippen LogP contribution is -2.32. The molecule has 0 spiro atoms. The molecule has 2 atom stereocenters. The summed E-state index contributed by atoms with van der Waals surface area (Å²) in [7, 11) is -3.53. The summed E-state index contributed by atoms with van der Waals surface area (Å²) in [6.07, 6.45) is 3.31. The van der Waals surface area contributed by atoms with Gasteiger partial charge < -0.3 is 4.74 Å². The molecule has 0 bridgehead atoms. The molecule has 1 fully saturated rings. The number of aromatic nitrogens is 1. The molecule has 0 saturated carbocycles. The fourth-order valence-corrected chi connectivity index (χ4v) is 3.57. The van der Waals surface area contributed by atoms with E-state index in [0.29, 0.717) is 13.2 Å². The smallest absolute Gasteiger partial charge is 0.240 e. The molecule has 1 aliphatic heterocycles. The number of nitrogens with zero attached hydrogens (tertiary/aromatic N) is 1. The van der Waals surface area contributed by atoms with Gasteiger partial charge >= 0.3 is 0 Å². The van der Waals surface area contributed by atoms with Gasteiger partial charge in [0.25, 0.3) is 0 Å². The molecule has 1 saturated heterocycles. The van der Waals surface area contributed by atoms with Crippen molar-refractivity contribution in [3.8, 4) is 0 Å². The number of halogens is 1. The van der Waals surface area contributed by atoms with Crippen LogP contribution in [0.2, 0.25) is 5.15 Å². The lowest BCUT2D eigenvalue weighted by molar-refractivity contribution is 0.0884. The van der Waals surface area contributed by atoms with Gasteiger partial charge in [0.2, 0.25) is 10.0 Å². The number of nitrogens with one attached hydrogen (secondary N) is 1. The number of hydrogen-bond donors (Lipinski definition) is 1. The molecular formula is C12H17ClN2O3S. The van der Waals surface area contributed by atoms with Crippen LogP contribution in [0.25, 0.3) is 0 Å². The monoisotopic (exact) mass is 304 g/mol. The van der Waals surface area contributed by atoms with Crippen molar-refractivity contribution in [3.05, 3.63) is 23.5 Å². The molecule has 1 aliphatic rings. The zero-order chi connectivity index (χ0) is 13.9. The van der Waals surface area contributed by atoms with E-state index in [2.05, 4.69) is 9.71 Å². The van der Waals surface area contributed by atoms with Crippen LogP contribution in [-0.4, -0.2) is 32.7 Å². The van der Waals surface area contributed by atoms with Gasteiger partial charge in [-0.1, -0.05) is 18.5 Å². The van der Waals surface area contributed by atoms with Crippen molar-refractivity contribution in [3.63, 3.8) is 0 Å². The minimum Gasteiger partial charge on any atom is -0.378 e. The van der Waals surface area contributed by atoms with Crippen molar-refractivity contribution >= 4 is 21.6 Å². The lowest BCUT2D eigenvalue weighted by atomic mass is 10.0. The summed E-state index contributed by atoms with van der Waals surface area (Å²) in [4.78, 5) is 3.91. The van der Waals surface area contributed by atoms with Gasteiger partial charge in [-0.15, -0.1) is 0 Å². The Balaban J connectivity index is 2.02. The minimum atomic E-state index is -3.53.